The van der Waals surface area contributed by atoms with Crippen LogP contribution in [0.2, 0.25) is 0 Å². The number of rotatable bonds is 11. The summed E-state index contributed by atoms with van der Waals surface area (Å²) in [4.78, 5) is 0. The summed E-state index contributed by atoms with van der Waals surface area (Å²) in [6.07, 6.45) is 3.39. The maximum Gasteiger partial charge on any atom is 0.517 e. The van der Waals surface area contributed by atoms with Gasteiger partial charge in [-0.05, 0) is 19.3 Å². The molecule has 0 aliphatic heterocycles. The standard InChI is InChI=1S/C11H28N2O3Si/c1-5-8-14-17(11-13(4)12,15-9-6-2)16-10-7-3/h5-12H2,1-4H3. The molecule has 0 rings (SSSR count). The minimum atomic E-state index is -2.62. The predicted molar refractivity (Wildman–Crippen MR) is 71.3 cm³/mol. The highest BCUT2D eigenvalue weighted by Gasteiger charge is 2.42. The molecular formula is C11H28N2O3Si. The van der Waals surface area contributed by atoms with Crippen molar-refractivity contribution in [2.45, 2.75) is 40.0 Å². The van der Waals surface area contributed by atoms with Gasteiger partial charge >= 0.3 is 8.80 Å². The molecule has 0 saturated heterocycles. The molecule has 0 atom stereocenters. The van der Waals surface area contributed by atoms with Crippen molar-refractivity contribution in [2.75, 3.05) is 33.0 Å². The molecule has 2 N–H and O–H groups in total. The Morgan fingerprint density at radius 1 is 0.882 bits per heavy atom. The van der Waals surface area contributed by atoms with Gasteiger partial charge < -0.3 is 13.3 Å². The molecule has 0 fully saturated rings. The van der Waals surface area contributed by atoms with E-state index in [1.165, 1.54) is 0 Å². The number of nitrogens with two attached hydrogens (primary N) is 1. The van der Waals surface area contributed by atoms with Gasteiger partial charge in [-0.25, -0.2) is 5.01 Å². The van der Waals surface area contributed by atoms with Gasteiger partial charge in [0.15, 0.2) is 0 Å². The summed E-state index contributed by atoms with van der Waals surface area (Å²) in [6, 6.07) is 0. The van der Waals surface area contributed by atoms with E-state index in [0.29, 0.717) is 26.0 Å². The molecule has 0 aliphatic rings. The first-order valence-electron chi connectivity index (χ1n) is 6.47. The van der Waals surface area contributed by atoms with Crippen LogP contribution < -0.4 is 5.84 Å². The van der Waals surface area contributed by atoms with Gasteiger partial charge in [0.1, 0.15) is 0 Å². The lowest BCUT2D eigenvalue weighted by atomic mass is 10.5. The average Bonchev–Trinajstić information content (AvgIpc) is 2.30. The van der Waals surface area contributed by atoms with E-state index < -0.39 is 8.80 Å². The fourth-order valence-corrected chi connectivity index (χ4v) is 4.02. The van der Waals surface area contributed by atoms with Crippen molar-refractivity contribution >= 4 is 8.80 Å². The lowest BCUT2D eigenvalue weighted by molar-refractivity contribution is 0.0485. The molecule has 104 valence electrons. The summed E-state index contributed by atoms with van der Waals surface area (Å²) in [5.74, 6) is 5.72. The summed E-state index contributed by atoms with van der Waals surface area (Å²) >= 11 is 0. The Bertz CT molecular complexity index is 160. The van der Waals surface area contributed by atoms with Gasteiger partial charge in [-0.3, -0.25) is 5.84 Å². The van der Waals surface area contributed by atoms with E-state index in [-0.39, 0.29) is 0 Å². The van der Waals surface area contributed by atoms with Crippen LogP contribution in [0, 0.1) is 0 Å². The Labute approximate surface area is 107 Å². The molecule has 0 spiro atoms. The van der Waals surface area contributed by atoms with Crippen LogP contribution in [-0.4, -0.2) is 46.8 Å². The van der Waals surface area contributed by atoms with Crippen molar-refractivity contribution in [2.24, 2.45) is 5.84 Å². The molecular weight excluding hydrogens is 236 g/mol. The Hall–Kier alpha value is 0.0169. The van der Waals surface area contributed by atoms with Crippen LogP contribution in [0.25, 0.3) is 0 Å². The summed E-state index contributed by atoms with van der Waals surface area (Å²) in [5.41, 5.74) is 0. The molecule has 0 aromatic carbocycles. The van der Waals surface area contributed by atoms with Gasteiger partial charge in [0.2, 0.25) is 0 Å². The fraction of sp³-hybridized carbons (Fsp3) is 1.00. The number of hydrogen-bond donors (Lipinski definition) is 1. The van der Waals surface area contributed by atoms with Crippen LogP contribution in [0.15, 0.2) is 0 Å². The zero-order valence-corrected chi connectivity index (χ0v) is 12.7. The molecule has 0 bridgehead atoms. The Balaban J connectivity index is 4.51. The highest BCUT2D eigenvalue weighted by atomic mass is 28.4. The highest BCUT2D eigenvalue weighted by molar-refractivity contribution is 6.60. The third kappa shape index (κ3) is 7.85. The van der Waals surface area contributed by atoms with Crippen LogP contribution in [0.5, 0.6) is 0 Å². The minimum absolute atomic E-state index is 0.535. The first kappa shape index (κ1) is 17.0. The van der Waals surface area contributed by atoms with Crippen LogP contribution >= 0.6 is 0 Å². The third-order valence-electron chi connectivity index (χ3n) is 2.02. The molecule has 0 heterocycles. The second kappa shape index (κ2) is 9.99. The zero-order chi connectivity index (χ0) is 13.1. The summed E-state index contributed by atoms with van der Waals surface area (Å²) in [6.45, 7) is 8.20. The van der Waals surface area contributed by atoms with E-state index in [2.05, 4.69) is 20.8 Å². The van der Waals surface area contributed by atoms with E-state index in [9.17, 15) is 0 Å². The van der Waals surface area contributed by atoms with Crippen molar-refractivity contribution in [3.05, 3.63) is 0 Å². The Morgan fingerprint density at radius 3 is 1.47 bits per heavy atom. The molecule has 0 radical (unpaired) electrons. The van der Waals surface area contributed by atoms with E-state index in [1.807, 2.05) is 7.05 Å². The molecule has 0 aromatic heterocycles. The maximum atomic E-state index is 5.87. The number of hydrazine groups is 1. The van der Waals surface area contributed by atoms with Crippen LogP contribution in [0.4, 0.5) is 0 Å². The Kier molecular flexibility index (Phi) is 10.00. The van der Waals surface area contributed by atoms with Gasteiger partial charge in [0.25, 0.3) is 0 Å². The van der Waals surface area contributed by atoms with Crippen LogP contribution in [-0.2, 0) is 13.3 Å². The van der Waals surface area contributed by atoms with Gasteiger partial charge in [0, 0.05) is 26.9 Å². The topological polar surface area (TPSA) is 57.0 Å². The lowest BCUT2D eigenvalue weighted by Gasteiger charge is -2.31. The predicted octanol–water partition coefficient (Wildman–Crippen LogP) is 1.55. The average molecular weight is 264 g/mol. The van der Waals surface area contributed by atoms with Crippen molar-refractivity contribution < 1.29 is 13.3 Å². The molecule has 0 saturated carbocycles. The smallest absolute Gasteiger partial charge is 0.373 e. The van der Waals surface area contributed by atoms with Crippen molar-refractivity contribution in [1.82, 2.24) is 5.01 Å². The quantitative estimate of drug-likeness (QED) is 0.348. The van der Waals surface area contributed by atoms with Gasteiger partial charge in [-0.15, -0.1) is 0 Å². The lowest BCUT2D eigenvalue weighted by Crippen LogP contribution is -2.56. The van der Waals surface area contributed by atoms with E-state index in [4.69, 9.17) is 19.1 Å². The molecule has 0 aliphatic carbocycles. The minimum Gasteiger partial charge on any atom is -0.373 e. The summed E-state index contributed by atoms with van der Waals surface area (Å²) < 4.78 is 17.6. The summed E-state index contributed by atoms with van der Waals surface area (Å²) in [7, 11) is -0.813. The first-order valence-corrected chi connectivity index (χ1v) is 8.41. The largest absolute Gasteiger partial charge is 0.517 e. The monoisotopic (exact) mass is 264 g/mol. The van der Waals surface area contributed by atoms with Gasteiger partial charge in [-0.1, -0.05) is 20.8 Å². The number of nitrogens with zero attached hydrogens (tertiary/aromatic N) is 1. The Morgan fingerprint density at radius 2 is 1.24 bits per heavy atom. The van der Waals surface area contributed by atoms with Gasteiger partial charge in [-0.2, -0.15) is 0 Å². The first-order chi connectivity index (χ1) is 8.10. The molecule has 0 unspecified atom stereocenters. The molecule has 0 amide bonds. The zero-order valence-electron chi connectivity index (χ0n) is 11.7. The molecule has 5 nitrogen and oxygen atoms in total. The van der Waals surface area contributed by atoms with Crippen molar-refractivity contribution in [3.63, 3.8) is 0 Å². The third-order valence-corrected chi connectivity index (χ3v) is 4.84. The summed E-state index contributed by atoms with van der Waals surface area (Å²) in [5, 5.41) is 1.59. The van der Waals surface area contributed by atoms with E-state index in [1.54, 1.807) is 5.01 Å². The van der Waals surface area contributed by atoms with Crippen LogP contribution in [0.3, 0.4) is 0 Å². The van der Waals surface area contributed by atoms with E-state index >= 15 is 0 Å². The second-order valence-corrected chi connectivity index (χ2v) is 6.69. The normalized spacial score (nSPS) is 12.4. The fourth-order valence-electron chi connectivity index (χ4n) is 1.34. The second-order valence-electron chi connectivity index (χ2n) is 4.14. The highest BCUT2D eigenvalue weighted by Crippen LogP contribution is 2.12. The van der Waals surface area contributed by atoms with Crippen molar-refractivity contribution in [1.29, 1.82) is 0 Å². The maximum absolute atomic E-state index is 5.87. The van der Waals surface area contributed by atoms with Crippen molar-refractivity contribution in [3.8, 4) is 0 Å². The molecule has 17 heavy (non-hydrogen) atoms. The van der Waals surface area contributed by atoms with Crippen LogP contribution in [0.1, 0.15) is 40.0 Å². The van der Waals surface area contributed by atoms with E-state index in [0.717, 1.165) is 19.3 Å². The number of hydrogen-bond acceptors (Lipinski definition) is 5. The van der Waals surface area contributed by atoms with Gasteiger partial charge in [0.05, 0.1) is 6.17 Å². The molecule has 6 heteroatoms. The SMILES string of the molecule is CCCO[Si](CN(C)N)(OCCC)OCCC. The molecule has 0 aromatic rings.